The fourth-order valence-corrected chi connectivity index (χ4v) is 1.46. The summed E-state index contributed by atoms with van der Waals surface area (Å²) in [7, 11) is -3.53. The lowest BCUT2D eigenvalue weighted by Crippen LogP contribution is -2.06. The van der Waals surface area contributed by atoms with Crippen LogP contribution in [0.3, 0.4) is 0 Å². The average molecular weight is 211 g/mol. The molecule has 0 heterocycles. The van der Waals surface area contributed by atoms with Crippen LogP contribution in [-0.4, -0.2) is 8.42 Å². The van der Waals surface area contributed by atoms with Crippen LogP contribution in [0.4, 0.5) is 0 Å². The molecule has 0 radical (unpaired) electrons. The number of aryl methyl sites for hydroxylation is 1. The Balaban J connectivity index is 3.11. The van der Waals surface area contributed by atoms with Crippen molar-refractivity contribution in [2.75, 3.05) is 0 Å². The maximum Gasteiger partial charge on any atom is 0.231 e. The average Bonchev–Trinajstić information content (AvgIpc) is 2.06. The molecule has 0 aliphatic carbocycles. The Kier molecular flexibility index (Phi) is 3.08. The van der Waals surface area contributed by atoms with Crippen LogP contribution in [0.1, 0.15) is 16.7 Å². The van der Waals surface area contributed by atoms with Crippen LogP contribution < -0.4 is 5.14 Å². The molecule has 0 bridgehead atoms. The van der Waals surface area contributed by atoms with E-state index in [1.807, 2.05) is 32.0 Å². The molecule has 0 atom stereocenters. The van der Waals surface area contributed by atoms with Crippen LogP contribution in [-0.2, 0) is 10.0 Å². The number of benzene rings is 1. The van der Waals surface area contributed by atoms with Crippen molar-refractivity contribution in [2.45, 2.75) is 13.8 Å². The van der Waals surface area contributed by atoms with Gasteiger partial charge in [-0.15, -0.1) is 0 Å². The molecule has 1 aromatic carbocycles. The van der Waals surface area contributed by atoms with Crippen LogP contribution in [0.25, 0.3) is 6.08 Å². The molecule has 2 N–H and O–H groups in total. The summed E-state index contributed by atoms with van der Waals surface area (Å²) in [6.45, 7) is 3.92. The first kappa shape index (κ1) is 10.9. The van der Waals surface area contributed by atoms with Crippen molar-refractivity contribution >= 4 is 16.1 Å². The van der Waals surface area contributed by atoms with Gasteiger partial charge in [0.05, 0.1) is 0 Å². The van der Waals surface area contributed by atoms with Gasteiger partial charge in [-0.1, -0.05) is 18.2 Å². The predicted octanol–water partition coefficient (Wildman–Crippen LogP) is 1.56. The van der Waals surface area contributed by atoms with Gasteiger partial charge in [-0.25, -0.2) is 13.6 Å². The van der Waals surface area contributed by atoms with Crippen molar-refractivity contribution in [3.8, 4) is 0 Å². The van der Waals surface area contributed by atoms with Crippen molar-refractivity contribution in [3.63, 3.8) is 0 Å². The molecule has 3 nitrogen and oxygen atoms in total. The zero-order chi connectivity index (χ0) is 10.8. The quantitative estimate of drug-likeness (QED) is 0.807. The highest BCUT2D eigenvalue weighted by molar-refractivity contribution is 7.92. The first-order chi connectivity index (χ1) is 6.40. The second kappa shape index (κ2) is 3.94. The molecule has 14 heavy (non-hydrogen) atoms. The molecule has 1 aromatic rings. The van der Waals surface area contributed by atoms with E-state index in [1.54, 1.807) is 0 Å². The van der Waals surface area contributed by atoms with Crippen LogP contribution in [0.2, 0.25) is 0 Å². The van der Waals surface area contributed by atoms with Crippen LogP contribution in [0, 0.1) is 13.8 Å². The summed E-state index contributed by atoms with van der Waals surface area (Å²) in [5.41, 5.74) is 3.06. The minimum Gasteiger partial charge on any atom is -0.225 e. The SMILES string of the molecule is Cc1cccc(/C=C/S(N)(=O)=O)c1C. The highest BCUT2D eigenvalue weighted by Gasteiger charge is 1.98. The summed E-state index contributed by atoms with van der Waals surface area (Å²) in [5, 5.41) is 5.87. The second-order valence-corrected chi connectivity index (χ2v) is 4.63. The van der Waals surface area contributed by atoms with E-state index in [-0.39, 0.29) is 0 Å². The minimum absolute atomic E-state index is 0.874. The lowest BCUT2D eigenvalue weighted by atomic mass is 10.0. The van der Waals surface area contributed by atoms with Crippen molar-refractivity contribution in [1.82, 2.24) is 0 Å². The van der Waals surface area contributed by atoms with Gasteiger partial charge in [0.15, 0.2) is 0 Å². The van der Waals surface area contributed by atoms with E-state index in [4.69, 9.17) is 5.14 Å². The fourth-order valence-electron chi connectivity index (χ4n) is 1.12. The summed E-state index contributed by atoms with van der Waals surface area (Å²) in [6.07, 6.45) is 1.51. The third-order valence-electron chi connectivity index (χ3n) is 2.08. The molecule has 0 spiro atoms. The first-order valence-corrected chi connectivity index (χ1v) is 5.78. The monoisotopic (exact) mass is 211 g/mol. The van der Waals surface area contributed by atoms with Gasteiger partial charge in [0, 0.05) is 5.41 Å². The van der Waals surface area contributed by atoms with Crippen molar-refractivity contribution < 1.29 is 8.42 Å². The Bertz CT molecular complexity index is 461. The van der Waals surface area contributed by atoms with Crippen molar-refractivity contribution in [3.05, 3.63) is 40.3 Å². The number of nitrogens with two attached hydrogens (primary N) is 1. The molecule has 0 saturated carbocycles. The summed E-state index contributed by atoms with van der Waals surface area (Å²) >= 11 is 0. The summed E-state index contributed by atoms with van der Waals surface area (Å²) in [5.74, 6) is 0. The number of sulfonamides is 1. The molecular formula is C10H13NO2S. The van der Waals surface area contributed by atoms with Gasteiger partial charge in [0.25, 0.3) is 0 Å². The molecule has 76 valence electrons. The lowest BCUT2D eigenvalue weighted by molar-refractivity contribution is 0.606. The molecule has 0 aromatic heterocycles. The number of hydrogen-bond donors (Lipinski definition) is 1. The predicted molar refractivity (Wildman–Crippen MR) is 58.1 cm³/mol. The number of rotatable bonds is 2. The van der Waals surface area contributed by atoms with E-state index >= 15 is 0 Å². The Morgan fingerprint density at radius 2 is 1.93 bits per heavy atom. The molecule has 0 saturated heterocycles. The molecular weight excluding hydrogens is 198 g/mol. The van der Waals surface area contributed by atoms with Gasteiger partial charge in [-0.05, 0) is 36.6 Å². The second-order valence-electron chi connectivity index (χ2n) is 3.18. The van der Waals surface area contributed by atoms with E-state index in [1.165, 1.54) is 6.08 Å². The Labute approximate surface area is 84.3 Å². The Hall–Kier alpha value is -1.13. The zero-order valence-corrected chi connectivity index (χ0v) is 9.01. The summed E-state index contributed by atoms with van der Waals surface area (Å²) < 4.78 is 21.4. The maximum absolute atomic E-state index is 10.7. The fraction of sp³-hybridized carbons (Fsp3) is 0.200. The molecule has 4 heteroatoms. The Morgan fingerprint density at radius 1 is 1.29 bits per heavy atom. The third kappa shape index (κ3) is 2.97. The van der Waals surface area contributed by atoms with Crippen molar-refractivity contribution in [1.29, 1.82) is 0 Å². The molecule has 0 unspecified atom stereocenters. The van der Waals surface area contributed by atoms with Gasteiger partial charge in [-0.2, -0.15) is 0 Å². The van der Waals surface area contributed by atoms with Crippen LogP contribution in [0.5, 0.6) is 0 Å². The van der Waals surface area contributed by atoms with Gasteiger partial charge in [-0.3, -0.25) is 0 Å². The lowest BCUT2D eigenvalue weighted by Gasteiger charge is -2.02. The topological polar surface area (TPSA) is 60.2 Å². The molecule has 1 rings (SSSR count). The summed E-state index contributed by atoms with van der Waals surface area (Å²) in [4.78, 5) is 0. The standard InChI is InChI=1S/C10H13NO2S/c1-8-4-3-5-10(9(8)2)6-7-14(11,12)13/h3-7H,1-2H3,(H2,11,12,13)/b7-6+. The van der Waals surface area contributed by atoms with E-state index in [2.05, 4.69) is 0 Å². The van der Waals surface area contributed by atoms with E-state index in [9.17, 15) is 8.42 Å². The zero-order valence-electron chi connectivity index (χ0n) is 8.19. The molecule has 0 amide bonds. The maximum atomic E-state index is 10.7. The molecule has 0 aliphatic heterocycles. The summed E-state index contributed by atoms with van der Waals surface area (Å²) in [6, 6.07) is 5.71. The third-order valence-corrected chi connectivity index (χ3v) is 2.60. The largest absolute Gasteiger partial charge is 0.231 e. The van der Waals surface area contributed by atoms with E-state index < -0.39 is 10.0 Å². The van der Waals surface area contributed by atoms with E-state index in [0.717, 1.165) is 22.1 Å². The number of primary sulfonamides is 1. The van der Waals surface area contributed by atoms with Gasteiger partial charge in [0.1, 0.15) is 0 Å². The molecule has 0 aliphatic rings. The van der Waals surface area contributed by atoms with Crippen molar-refractivity contribution in [2.24, 2.45) is 5.14 Å². The number of hydrogen-bond acceptors (Lipinski definition) is 2. The van der Waals surface area contributed by atoms with Crippen LogP contribution >= 0.6 is 0 Å². The highest BCUT2D eigenvalue weighted by atomic mass is 32.2. The van der Waals surface area contributed by atoms with Gasteiger partial charge < -0.3 is 0 Å². The smallest absolute Gasteiger partial charge is 0.225 e. The minimum atomic E-state index is -3.53. The normalized spacial score (nSPS) is 12.2. The first-order valence-electron chi connectivity index (χ1n) is 4.17. The van der Waals surface area contributed by atoms with E-state index in [0.29, 0.717) is 0 Å². The van der Waals surface area contributed by atoms with Crippen LogP contribution in [0.15, 0.2) is 23.6 Å². The highest BCUT2D eigenvalue weighted by Crippen LogP contribution is 2.14. The van der Waals surface area contributed by atoms with Gasteiger partial charge >= 0.3 is 0 Å². The Morgan fingerprint density at radius 3 is 2.50 bits per heavy atom. The van der Waals surface area contributed by atoms with Gasteiger partial charge in [0.2, 0.25) is 10.0 Å². The molecule has 0 fully saturated rings.